The first kappa shape index (κ1) is 13.2. The van der Waals surface area contributed by atoms with E-state index in [9.17, 15) is 10.2 Å². The van der Waals surface area contributed by atoms with Crippen molar-refractivity contribution in [3.05, 3.63) is 53.6 Å². The first-order chi connectivity index (χ1) is 10.0. The van der Waals surface area contributed by atoms with Gasteiger partial charge >= 0.3 is 0 Å². The molecule has 21 heavy (non-hydrogen) atoms. The van der Waals surface area contributed by atoms with Crippen LogP contribution in [0.5, 0.6) is 11.5 Å². The van der Waals surface area contributed by atoms with E-state index in [1.54, 1.807) is 30.3 Å². The molecular weight excluding hydrogens is 266 g/mol. The van der Waals surface area contributed by atoms with Crippen molar-refractivity contribution in [2.75, 3.05) is 0 Å². The molecule has 0 aliphatic carbocycles. The van der Waals surface area contributed by atoms with E-state index in [2.05, 4.69) is 5.16 Å². The van der Waals surface area contributed by atoms with E-state index < -0.39 is 0 Å². The first-order valence-corrected chi connectivity index (χ1v) is 6.61. The highest BCUT2D eigenvalue weighted by molar-refractivity contribution is 5.71. The predicted octanol–water partition coefficient (Wildman–Crippen LogP) is 4.04. The molecule has 0 fully saturated rings. The van der Waals surface area contributed by atoms with Crippen LogP contribution in [0.1, 0.15) is 11.1 Å². The van der Waals surface area contributed by atoms with Crippen LogP contribution in [0, 0.1) is 13.8 Å². The maximum absolute atomic E-state index is 9.46. The first-order valence-electron chi connectivity index (χ1n) is 6.61. The fourth-order valence-electron chi connectivity index (χ4n) is 2.39. The molecule has 4 nitrogen and oxygen atoms in total. The zero-order valence-corrected chi connectivity index (χ0v) is 11.8. The molecule has 2 aromatic carbocycles. The van der Waals surface area contributed by atoms with E-state index in [0.717, 1.165) is 27.9 Å². The van der Waals surface area contributed by atoms with Crippen molar-refractivity contribution in [2.45, 2.75) is 13.8 Å². The number of benzene rings is 2. The number of nitrogens with zero attached hydrogens (tertiary/aromatic N) is 1. The lowest BCUT2D eigenvalue weighted by Gasteiger charge is -2.02. The number of phenolic OH excluding ortho intramolecular Hbond substituents is 2. The largest absolute Gasteiger partial charge is 0.508 e. The molecule has 0 bridgehead atoms. The van der Waals surface area contributed by atoms with Crippen LogP contribution in [0.4, 0.5) is 0 Å². The van der Waals surface area contributed by atoms with Crippen LogP contribution in [0.15, 0.2) is 47.0 Å². The van der Waals surface area contributed by atoms with E-state index >= 15 is 0 Å². The van der Waals surface area contributed by atoms with Crippen molar-refractivity contribution in [3.8, 4) is 34.1 Å². The maximum Gasteiger partial charge on any atom is 0.167 e. The summed E-state index contributed by atoms with van der Waals surface area (Å²) in [5, 5.41) is 23.0. The Morgan fingerprint density at radius 3 is 1.95 bits per heavy atom. The molecule has 0 radical (unpaired) electrons. The van der Waals surface area contributed by atoms with Gasteiger partial charge < -0.3 is 14.7 Å². The summed E-state index contributed by atoms with van der Waals surface area (Å²) in [4.78, 5) is 0. The van der Waals surface area contributed by atoms with Gasteiger partial charge in [-0.25, -0.2) is 0 Å². The molecule has 0 saturated carbocycles. The summed E-state index contributed by atoms with van der Waals surface area (Å²) in [7, 11) is 0. The average molecular weight is 281 g/mol. The second-order valence-electron chi connectivity index (χ2n) is 5.07. The minimum atomic E-state index is 0.227. The number of phenols is 2. The highest BCUT2D eigenvalue weighted by Crippen LogP contribution is 2.31. The van der Waals surface area contributed by atoms with Crippen molar-refractivity contribution >= 4 is 0 Å². The molecule has 0 spiro atoms. The second-order valence-corrected chi connectivity index (χ2v) is 5.07. The van der Waals surface area contributed by atoms with Gasteiger partial charge in [0.25, 0.3) is 0 Å². The number of rotatable bonds is 2. The topological polar surface area (TPSA) is 66.5 Å². The molecule has 4 heteroatoms. The van der Waals surface area contributed by atoms with Crippen molar-refractivity contribution < 1.29 is 14.7 Å². The summed E-state index contributed by atoms with van der Waals surface area (Å²) >= 11 is 0. The van der Waals surface area contributed by atoms with Gasteiger partial charge in [-0.05, 0) is 61.4 Å². The summed E-state index contributed by atoms with van der Waals surface area (Å²) < 4.78 is 5.42. The Balaban J connectivity index is 2.03. The van der Waals surface area contributed by atoms with E-state index in [-0.39, 0.29) is 11.5 Å². The summed E-state index contributed by atoms with van der Waals surface area (Å²) in [5.41, 5.74) is 4.37. The van der Waals surface area contributed by atoms with Crippen LogP contribution in [-0.2, 0) is 0 Å². The third kappa shape index (κ3) is 2.48. The number of hydrogen-bond donors (Lipinski definition) is 2. The SMILES string of the molecule is Cc1cc(O)ccc1-c1cc(-c2ccc(O)cc2C)on1. The molecule has 3 rings (SSSR count). The normalized spacial score (nSPS) is 10.8. The van der Waals surface area contributed by atoms with Crippen LogP contribution in [0.3, 0.4) is 0 Å². The molecule has 1 aromatic heterocycles. The summed E-state index contributed by atoms with van der Waals surface area (Å²) in [5.74, 6) is 1.11. The Hall–Kier alpha value is -2.75. The zero-order valence-electron chi connectivity index (χ0n) is 11.8. The number of aryl methyl sites for hydroxylation is 2. The van der Waals surface area contributed by atoms with Crippen LogP contribution >= 0.6 is 0 Å². The molecule has 2 N–H and O–H groups in total. The van der Waals surface area contributed by atoms with Gasteiger partial charge in [-0.1, -0.05) is 5.16 Å². The van der Waals surface area contributed by atoms with Gasteiger partial charge in [-0.3, -0.25) is 0 Å². The van der Waals surface area contributed by atoms with Crippen LogP contribution in [0.2, 0.25) is 0 Å². The van der Waals surface area contributed by atoms with Gasteiger partial charge in [0.15, 0.2) is 5.76 Å². The minimum Gasteiger partial charge on any atom is -0.508 e. The molecule has 0 unspecified atom stereocenters. The Morgan fingerprint density at radius 2 is 1.38 bits per heavy atom. The van der Waals surface area contributed by atoms with Gasteiger partial charge in [0, 0.05) is 17.2 Å². The van der Waals surface area contributed by atoms with E-state index in [0.29, 0.717) is 5.76 Å². The molecular formula is C17H15NO3. The van der Waals surface area contributed by atoms with Crippen molar-refractivity contribution in [2.24, 2.45) is 0 Å². The third-order valence-corrected chi connectivity index (χ3v) is 3.47. The van der Waals surface area contributed by atoms with Crippen LogP contribution in [0.25, 0.3) is 22.6 Å². The fourth-order valence-corrected chi connectivity index (χ4v) is 2.39. The van der Waals surface area contributed by atoms with Gasteiger partial charge in [-0.15, -0.1) is 0 Å². The lowest BCUT2D eigenvalue weighted by atomic mass is 10.0. The molecule has 0 aliphatic heterocycles. The number of aromatic nitrogens is 1. The molecule has 0 atom stereocenters. The molecule has 1 heterocycles. The standard InChI is InChI=1S/C17H15NO3/c1-10-7-12(19)3-5-14(10)16-9-17(21-18-16)15-6-4-13(20)8-11(15)2/h3-9,19-20H,1-2H3. The lowest BCUT2D eigenvalue weighted by molar-refractivity contribution is 0.434. The highest BCUT2D eigenvalue weighted by Gasteiger charge is 2.12. The van der Waals surface area contributed by atoms with Gasteiger partial charge in [0.05, 0.1) is 0 Å². The quantitative estimate of drug-likeness (QED) is 0.744. The zero-order chi connectivity index (χ0) is 15.0. The molecule has 0 aliphatic rings. The fraction of sp³-hybridized carbons (Fsp3) is 0.118. The highest BCUT2D eigenvalue weighted by atomic mass is 16.5. The van der Waals surface area contributed by atoms with Gasteiger partial charge in [0.1, 0.15) is 17.2 Å². The maximum atomic E-state index is 9.46. The van der Waals surface area contributed by atoms with Crippen LogP contribution < -0.4 is 0 Å². The van der Waals surface area contributed by atoms with E-state index in [1.165, 1.54) is 0 Å². The summed E-state index contributed by atoms with van der Waals surface area (Å²) in [6.45, 7) is 3.82. The molecule has 0 amide bonds. The van der Waals surface area contributed by atoms with Crippen molar-refractivity contribution in [1.82, 2.24) is 5.16 Å². The minimum absolute atomic E-state index is 0.227. The summed E-state index contributed by atoms with van der Waals surface area (Å²) in [6.07, 6.45) is 0. The third-order valence-electron chi connectivity index (χ3n) is 3.47. The van der Waals surface area contributed by atoms with E-state index in [1.807, 2.05) is 26.0 Å². The van der Waals surface area contributed by atoms with Crippen molar-refractivity contribution in [1.29, 1.82) is 0 Å². The molecule has 3 aromatic rings. The number of aromatic hydroxyl groups is 2. The predicted molar refractivity (Wildman–Crippen MR) is 80.2 cm³/mol. The van der Waals surface area contributed by atoms with Crippen molar-refractivity contribution in [3.63, 3.8) is 0 Å². The molecule has 106 valence electrons. The monoisotopic (exact) mass is 281 g/mol. The van der Waals surface area contributed by atoms with E-state index in [4.69, 9.17) is 4.52 Å². The molecule has 0 saturated heterocycles. The Kier molecular flexibility index (Phi) is 3.14. The average Bonchev–Trinajstić information content (AvgIpc) is 2.87. The van der Waals surface area contributed by atoms with Crippen LogP contribution in [-0.4, -0.2) is 15.4 Å². The Bertz CT molecular complexity index is 740. The van der Waals surface area contributed by atoms with Gasteiger partial charge in [0.2, 0.25) is 0 Å². The Labute approximate surface area is 122 Å². The number of hydrogen-bond acceptors (Lipinski definition) is 4. The summed E-state index contributed by atoms with van der Waals surface area (Å²) in [6, 6.07) is 12.1. The van der Waals surface area contributed by atoms with Gasteiger partial charge in [-0.2, -0.15) is 0 Å². The smallest absolute Gasteiger partial charge is 0.167 e. The Morgan fingerprint density at radius 1 is 0.810 bits per heavy atom. The lowest BCUT2D eigenvalue weighted by Crippen LogP contribution is -1.82. The second kappa shape index (κ2) is 4.98.